The van der Waals surface area contributed by atoms with Gasteiger partial charge in [-0.05, 0) is 37.6 Å². The first-order chi connectivity index (χ1) is 8.47. The third kappa shape index (κ3) is 3.06. The lowest BCUT2D eigenvalue weighted by Gasteiger charge is -2.11. The third-order valence-corrected chi connectivity index (χ3v) is 3.72. The zero-order valence-electron chi connectivity index (χ0n) is 9.72. The summed E-state index contributed by atoms with van der Waals surface area (Å²) in [4.78, 5) is 11.8. The predicted octanol–water partition coefficient (Wildman–Crippen LogP) is 0.0245. The van der Waals surface area contributed by atoms with Crippen molar-refractivity contribution in [2.24, 2.45) is 5.14 Å². The van der Waals surface area contributed by atoms with Crippen LogP contribution in [0.2, 0.25) is 0 Å². The van der Waals surface area contributed by atoms with Crippen molar-refractivity contribution in [3.05, 3.63) is 24.3 Å². The van der Waals surface area contributed by atoms with Gasteiger partial charge in [-0.1, -0.05) is 6.07 Å². The van der Waals surface area contributed by atoms with Crippen LogP contribution in [0.15, 0.2) is 29.2 Å². The van der Waals surface area contributed by atoms with Crippen molar-refractivity contribution >= 4 is 21.6 Å². The second-order valence-corrected chi connectivity index (χ2v) is 5.77. The molecule has 4 N–H and O–H groups in total. The molecule has 1 saturated heterocycles. The molecule has 6 nitrogen and oxygen atoms in total. The van der Waals surface area contributed by atoms with Crippen LogP contribution in [-0.2, 0) is 14.8 Å². The topological polar surface area (TPSA) is 101 Å². The van der Waals surface area contributed by atoms with E-state index in [-0.39, 0.29) is 16.8 Å². The highest BCUT2D eigenvalue weighted by molar-refractivity contribution is 7.89. The summed E-state index contributed by atoms with van der Waals surface area (Å²) in [6, 6.07) is 5.70. The second kappa shape index (κ2) is 5.05. The van der Waals surface area contributed by atoms with Crippen LogP contribution < -0.4 is 15.8 Å². The van der Waals surface area contributed by atoms with Gasteiger partial charge in [0.1, 0.15) is 0 Å². The zero-order valence-corrected chi connectivity index (χ0v) is 10.5. The Morgan fingerprint density at radius 3 is 2.83 bits per heavy atom. The number of primary sulfonamides is 1. The van der Waals surface area contributed by atoms with Crippen LogP contribution in [0.25, 0.3) is 0 Å². The molecule has 1 aliphatic rings. The SMILES string of the molecule is NS(=O)(=O)c1cccc(NC(=O)[C@H]2CCCN2)c1. The van der Waals surface area contributed by atoms with Gasteiger partial charge in [0.05, 0.1) is 10.9 Å². The van der Waals surface area contributed by atoms with Gasteiger partial charge in [0.2, 0.25) is 15.9 Å². The molecule has 1 aromatic carbocycles. The van der Waals surface area contributed by atoms with Gasteiger partial charge in [-0.3, -0.25) is 4.79 Å². The molecule has 0 aliphatic carbocycles. The quantitative estimate of drug-likeness (QED) is 0.720. The molecule has 0 unspecified atom stereocenters. The van der Waals surface area contributed by atoms with Gasteiger partial charge in [-0.15, -0.1) is 0 Å². The molecule has 1 amide bonds. The number of rotatable bonds is 3. The molecule has 1 heterocycles. The highest BCUT2D eigenvalue weighted by atomic mass is 32.2. The van der Waals surface area contributed by atoms with Crippen molar-refractivity contribution in [1.82, 2.24) is 5.32 Å². The number of carbonyl (C=O) groups is 1. The van der Waals surface area contributed by atoms with Gasteiger partial charge in [0, 0.05) is 5.69 Å². The number of benzene rings is 1. The minimum absolute atomic E-state index is 0.0142. The van der Waals surface area contributed by atoms with E-state index in [1.165, 1.54) is 18.2 Å². The first-order valence-electron chi connectivity index (χ1n) is 5.64. The Morgan fingerprint density at radius 2 is 2.22 bits per heavy atom. The summed E-state index contributed by atoms with van der Waals surface area (Å²) in [5.74, 6) is -0.154. The maximum Gasteiger partial charge on any atom is 0.241 e. The molecule has 2 rings (SSSR count). The van der Waals surface area contributed by atoms with Gasteiger partial charge < -0.3 is 10.6 Å². The number of sulfonamides is 1. The van der Waals surface area contributed by atoms with E-state index in [2.05, 4.69) is 10.6 Å². The summed E-state index contributed by atoms with van der Waals surface area (Å²) in [5.41, 5.74) is 0.431. The fraction of sp³-hybridized carbons (Fsp3) is 0.364. The lowest BCUT2D eigenvalue weighted by atomic mass is 10.2. The number of hydrogen-bond acceptors (Lipinski definition) is 4. The van der Waals surface area contributed by atoms with Crippen LogP contribution >= 0.6 is 0 Å². The average Bonchev–Trinajstić information content (AvgIpc) is 2.81. The summed E-state index contributed by atoms with van der Waals surface area (Å²) >= 11 is 0. The molecule has 0 radical (unpaired) electrons. The van der Waals surface area contributed by atoms with Crippen molar-refractivity contribution in [2.75, 3.05) is 11.9 Å². The molecule has 18 heavy (non-hydrogen) atoms. The number of hydrogen-bond donors (Lipinski definition) is 3. The Morgan fingerprint density at radius 1 is 1.44 bits per heavy atom. The number of carbonyl (C=O) groups excluding carboxylic acids is 1. The molecule has 1 aliphatic heterocycles. The van der Waals surface area contributed by atoms with E-state index in [1.54, 1.807) is 6.07 Å². The maximum absolute atomic E-state index is 11.8. The van der Waals surface area contributed by atoms with Crippen LogP contribution in [0.5, 0.6) is 0 Å². The summed E-state index contributed by atoms with van der Waals surface area (Å²) < 4.78 is 22.4. The predicted molar refractivity (Wildman–Crippen MR) is 67.5 cm³/mol. The first kappa shape index (κ1) is 13.0. The Hall–Kier alpha value is -1.44. The van der Waals surface area contributed by atoms with Crippen molar-refractivity contribution in [1.29, 1.82) is 0 Å². The second-order valence-electron chi connectivity index (χ2n) is 4.21. The van der Waals surface area contributed by atoms with Crippen LogP contribution in [0.3, 0.4) is 0 Å². The molecule has 7 heteroatoms. The standard InChI is InChI=1S/C11H15N3O3S/c12-18(16,17)9-4-1-3-8(7-9)14-11(15)10-5-2-6-13-10/h1,3-4,7,10,13H,2,5-6H2,(H,14,15)(H2,12,16,17)/t10-/m1/s1. The van der Waals surface area contributed by atoms with Gasteiger partial charge in [-0.2, -0.15) is 0 Å². The molecule has 1 aromatic rings. The summed E-state index contributed by atoms with van der Waals surface area (Å²) in [6.07, 6.45) is 1.76. The minimum Gasteiger partial charge on any atom is -0.325 e. The highest BCUT2D eigenvalue weighted by Crippen LogP contribution is 2.15. The molecule has 0 aromatic heterocycles. The van der Waals surface area contributed by atoms with E-state index < -0.39 is 10.0 Å². The minimum atomic E-state index is -3.75. The van der Waals surface area contributed by atoms with Crippen molar-refractivity contribution in [2.45, 2.75) is 23.8 Å². The highest BCUT2D eigenvalue weighted by Gasteiger charge is 2.22. The number of amides is 1. The Labute approximate surface area is 106 Å². The van der Waals surface area contributed by atoms with Crippen LogP contribution in [-0.4, -0.2) is 26.9 Å². The van der Waals surface area contributed by atoms with Gasteiger partial charge in [-0.25, -0.2) is 13.6 Å². The zero-order chi connectivity index (χ0) is 13.2. The Bertz CT molecular complexity index is 550. The monoisotopic (exact) mass is 269 g/mol. The van der Waals surface area contributed by atoms with E-state index in [1.807, 2.05) is 0 Å². The lowest BCUT2D eigenvalue weighted by molar-refractivity contribution is -0.117. The van der Waals surface area contributed by atoms with Crippen LogP contribution in [0.1, 0.15) is 12.8 Å². The van der Waals surface area contributed by atoms with E-state index in [0.29, 0.717) is 5.69 Å². The molecule has 98 valence electrons. The number of anilines is 1. The first-order valence-corrected chi connectivity index (χ1v) is 7.18. The van der Waals surface area contributed by atoms with E-state index in [4.69, 9.17) is 5.14 Å². The molecule has 0 saturated carbocycles. The molecular formula is C11H15N3O3S. The molecular weight excluding hydrogens is 254 g/mol. The van der Waals surface area contributed by atoms with E-state index in [0.717, 1.165) is 19.4 Å². The van der Waals surface area contributed by atoms with Gasteiger partial charge >= 0.3 is 0 Å². The Kier molecular flexibility index (Phi) is 3.65. The van der Waals surface area contributed by atoms with Crippen LogP contribution in [0, 0.1) is 0 Å². The lowest BCUT2D eigenvalue weighted by Crippen LogP contribution is -2.35. The van der Waals surface area contributed by atoms with E-state index in [9.17, 15) is 13.2 Å². The van der Waals surface area contributed by atoms with Crippen molar-refractivity contribution in [3.63, 3.8) is 0 Å². The summed E-state index contributed by atoms with van der Waals surface area (Å²) in [5, 5.41) is 10.8. The van der Waals surface area contributed by atoms with Gasteiger partial charge in [0.15, 0.2) is 0 Å². The number of nitrogens with one attached hydrogen (secondary N) is 2. The maximum atomic E-state index is 11.8. The molecule has 0 spiro atoms. The van der Waals surface area contributed by atoms with Gasteiger partial charge in [0.25, 0.3) is 0 Å². The largest absolute Gasteiger partial charge is 0.325 e. The van der Waals surface area contributed by atoms with Crippen LogP contribution in [0.4, 0.5) is 5.69 Å². The fourth-order valence-corrected chi connectivity index (χ4v) is 2.45. The molecule has 1 atom stereocenters. The summed E-state index contributed by atoms with van der Waals surface area (Å²) in [6.45, 7) is 0.829. The Balaban J connectivity index is 2.12. The smallest absolute Gasteiger partial charge is 0.241 e. The number of nitrogens with two attached hydrogens (primary N) is 1. The van der Waals surface area contributed by atoms with E-state index >= 15 is 0 Å². The third-order valence-electron chi connectivity index (χ3n) is 2.81. The fourth-order valence-electron chi connectivity index (χ4n) is 1.89. The van der Waals surface area contributed by atoms with Crippen molar-refractivity contribution in [3.8, 4) is 0 Å². The normalized spacial score (nSPS) is 19.7. The molecule has 1 fully saturated rings. The van der Waals surface area contributed by atoms with Crippen molar-refractivity contribution < 1.29 is 13.2 Å². The summed E-state index contributed by atoms with van der Waals surface area (Å²) in [7, 11) is -3.75. The molecule has 0 bridgehead atoms. The average molecular weight is 269 g/mol.